The number of nitrogens with zero attached hydrogens (tertiary/aromatic N) is 1. The first-order valence-electron chi connectivity index (χ1n) is 10.7. The molecule has 0 saturated carbocycles. The summed E-state index contributed by atoms with van der Waals surface area (Å²) in [6.07, 6.45) is 0. The molecule has 0 N–H and O–H groups in total. The Labute approximate surface area is 186 Å². The minimum atomic E-state index is -0.287. The Bertz CT molecular complexity index is 1340. The van der Waals surface area contributed by atoms with Crippen LogP contribution in [0.25, 0.3) is 11.0 Å². The predicted molar refractivity (Wildman–Crippen MR) is 126 cm³/mol. The van der Waals surface area contributed by atoms with Crippen molar-refractivity contribution in [1.29, 1.82) is 0 Å². The summed E-state index contributed by atoms with van der Waals surface area (Å²) < 4.78 is 17.6. The molecule has 162 valence electrons. The molecule has 3 aromatic carbocycles. The number of ether oxygens (including phenoxy) is 2. The van der Waals surface area contributed by atoms with Gasteiger partial charge in [0.2, 0.25) is 0 Å². The van der Waals surface area contributed by atoms with Crippen LogP contribution in [0.3, 0.4) is 0 Å². The molecule has 0 radical (unpaired) electrons. The van der Waals surface area contributed by atoms with Gasteiger partial charge in [-0.2, -0.15) is 0 Å². The Hall–Kier alpha value is -3.73. The summed E-state index contributed by atoms with van der Waals surface area (Å²) in [6.45, 7) is 7.41. The van der Waals surface area contributed by atoms with Gasteiger partial charge >= 0.3 is 5.63 Å². The lowest BCUT2D eigenvalue weighted by Crippen LogP contribution is -2.32. The van der Waals surface area contributed by atoms with Crippen LogP contribution >= 0.6 is 0 Å². The second-order valence-electron chi connectivity index (χ2n) is 8.25. The molecule has 2 heterocycles. The number of anilines is 1. The molecule has 1 aliphatic heterocycles. The van der Waals surface area contributed by atoms with E-state index in [0.29, 0.717) is 31.0 Å². The first-order valence-corrected chi connectivity index (χ1v) is 10.7. The fourth-order valence-electron chi connectivity index (χ4n) is 4.16. The summed E-state index contributed by atoms with van der Waals surface area (Å²) >= 11 is 0. The molecule has 0 aliphatic carbocycles. The Kier molecular flexibility index (Phi) is 5.10. The molecular formula is C27H25NO4. The Morgan fingerprint density at radius 2 is 1.69 bits per heavy atom. The normalized spacial score (nSPS) is 13.0. The lowest BCUT2D eigenvalue weighted by Gasteiger charge is -2.32. The molecule has 0 fully saturated rings. The van der Waals surface area contributed by atoms with Gasteiger partial charge in [0.1, 0.15) is 23.7 Å². The summed E-state index contributed by atoms with van der Waals surface area (Å²) in [6, 6.07) is 20.3. The average Bonchev–Trinajstić information content (AvgIpc) is 2.83. The third kappa shape index (κ3) is 3.60. The standard InChI is InChI=1S/C27H25NO4/c1-17-18(2)27(29)32-26-19(3)25-21(13-24(17)26)14-28(16-31-25)22-9-11-23(12-10-22)30-15-20-7-5-4-6-8-20/h4-13H,14-16H2,1-3H3. The summed E-state index contributed by atoms with van der Waals surface area (Å²) in [7, 11) is 0. The van der Waals surface area contributed by atoms with E-state index in [0.717, 1.165) is 44.8 Å². The van der Waals surface area contributed by atoms with Crippen molar-refractivity contribution in [3.63, 3.8) is 0 Å². The van der Waals surface area contributed by atoms with E-state index in [2.05, 4.69) is 35.2 Å². The monoisotopic (exact) mass is 427 g/mol. The molecule has 1 aromatic heterocycles. The number of aryl methyl sites for hydroxylation is 2. The van der Waals surface area contributed by atoms with E-state index >= 15 is 0 Å². The van der Waals surface area contributed by atoms with Crippen molar-refractivity contribution < 1.29 is 13.9 Å². The van der Waals surface area contributed by atoms with Gasteiger partial charge in [0, 0.05) is 34.3 Å². The van der Waals surface area contributed by atoms with Gasteiger partial charge in [0.25, 0.3) is 0 Å². The molecule has 0 saturated heterocycles. The fourth-order valence-corrected chi connectivity index (χ4v) is 4.16. The molecule has 0 atom stereocenters. The maximum absolute atomic E-state index is 12.1. The van der Waals surface area contributed by atoms with Crippen LogP contribution in [0.1, 0.15) is 27.8 Å². The summed E-state index contributed by atoms with van der Waals surface area (Å²) in [5.74, 6) is 1.64. The number of hydrogen-bond donors (Lipinski definition) is 0. The van der Waals surface area contributed by atoms with Crippen LogP contribution in [0.15, 0.2) is 69.9 Å². The zero-order chi connectivity index (χ0) is 22.2. The smallest absolute Gasteiger partial charge is 0.339 e. The van der Waals surface area contributed by atoms with Gasteiger partial charge in [-0.25, -0.2) is 4.79 Å². The SMILES string of the molecule is Cc1c(C)c2cc3c(c(C)c2oc1=O)OCN(c1ccc(OCc2ccccc2)cc1)C3. The highest BCUT2D eigenvalue weighted by Crippen LogP contribution is 2.37. The largest absolute Gasteiger partial charge is 0.489 e. The van der Waals surface area contributed by atoms with Crippen LogP contribution in [0, 0.1) is 20.8 Å². The maximum Gasteiger partial charge on any atom is 0.339 e. The first-order chi connectivity index (χ1) is 15.5. The highest BCUT2D eigenvalue weighted by atomic mass is 16.5. The summed E-state index contributed by atoms with van der Waals surface area (Å²) in [5.41, 5.74) is 6.10. The lowest BCUT2D eigenvalue weighted by atomic mass is 9.99. The molecule has 1 aliphatic rings. The summed E-state index contributed by atoms with van der Waals surface area (Å²) in [5, 5.41) is 0.966. The van der Waals surface area contributed by atoms with Crippen molar-refractivity contribution in [2.75, 3.05) is 11.6 Å². The third-order valence-electron chi connectivity index (χ3n) is 6.18. The minimum absolute atomic E-state index is 0.287. The molecule has 0 amide bonds. The van der Waals surface area contributed by atoms with Crippen LogP contribution in [-0.2, 0) is 13.2 Å². The van der Waals surface area contributed by atoms with Crippen LogP contribution in [0.4, 0.5) is 5.69 Å². The molecule has 0 spiro atoms. The molecule has 4 aromatic rings. The highest BCUT2D eigenvalue weighted by molar-refractivity contribution is 5.87. The van der Waals surface area contributed by atoms with E-state index in [-0.39, 0.29) is 5.63 Å². The quantitative estimate of drug-likeness (QED) is 0.394. The molecule has 0 unspecified atom stereocenters. The zero-order valence-electron chi connectivity index (χ0n) is 18.5. The average molecular weight is 428 g/mol. The second kappa shape index (κ2) is 8.08. The van der Waals surface area contributed by atoms with Crippen molar-refractivity contribution in [3.05, 3.63) is 98.9 Å². The van der Waals surface area contributed by atoms with Crippen molar-refractivity contribution in [1.82, 2.24) is 0 Å². The fraction of sp³-hybridized carbons (Fsp3) is 0.222. The maximum atomic E-state index is 12.1. The van der Waals surface area contributed by atoms with Crippen LogP contribution in [0.2, 0.25) is 0 Å². The first kappa shape index (κ1) is 20.2. The van der Waals surface area contributed by atoms with Gasteiger partial charge < -0.3 is 18.8 Å². The van der Waals surface area contributed by atoms with Gasteiger partial charge in [-0.15, -0.1) is 0 Å². The van der Waals surface area contributed by atoms with E-state index < -0.39 is 0 Å². The van der Waals surface area contributed by atoms with E-state index in [4.69, 9.17) is 13.9 Å². The van der Waals surface area contributed by atoms with Crippen molar-refractivity contribution in [2.24, 2.45) is 0 Å². The summed E-state index contributed by atoms with van der Waals surface area (Å²) in [4.78, 5) is 14.3. The number of rotatable bonds is 4. The van der Waals surface area contributed by atoms with E-state index in [9.17, 15) is 4.79 Å². The molecule has 5 heteroatoms. The van der Waals surface area contributed by atoms with E-state index in [1.165, 1.54) is 0 Å². The Morgan fingerprint density at radius 3 is 2.44 bits per heavy atom. The molecule has 5 nitrogen and oxygen atoms in total. The molecular weight excluding hydrogens is 402 g/mol. The second-order valence-corrected chi connectivity index (χ2v) is 8.25. The van der Waals surface area contributed by atoms with Crippen molar-refractivity contribution in [3.8, 4) is 11.5 Å². The lowest BCUT2D eigenvalue weighted by molar-refractivity contribution is 0.287. The van der Waals surface area contributed by atoms with E-state index in [1.54, 1.807) is 6.92 Å². The van der Waals surface area contributed by atoms with E-state index in [1.807, 2.05) is 44.2 Å². The van der Waals surface area contributed by atoms with Crippen LogP contribution < -0.4 is 20.0 Å². The predicted octanol–water partition coefficient (Wildman–Crippen LogP) is 5.65. The Morgan fingerprint density at radius 1 is 0.938 bits per heavy atom. The third-order valence-corrected chi connectivity index (χ3v) is 6.18. The molecule has 5 rings (SSSR count). The molecule has 32 heavy (non-hydrogen) atoms. The van der Waals surface area contributed by atoms with Gasteiger partial charge in [-0.05, 0) is 62.2 Å². The van der Waals surface area contributed by atoms with Gasteiger partial charge in [0.05, 0.1) is 0 Å². The van der Waals surface area contributed by atoms with Crippen molar-refractivity contribution in [2.45, 2.75) is 33.9 Å². The highest BCUT2D eigenvalue weighted by Gasteiger charge is 2.23. The van der Waals surface area contributed by atoms with Crippen LogP contribution in [0.5, 0.6) is 11.5 Å². The van der Waals surface area contributed by atoms with Crippen molar-refractivity contribution >= 4 is 16.7 Å². The number of hydrogen-bond acceptors (Lipinski definition) is 5. The van der Waals surface area contributed by atoms with Gasteiger partial charge in [-0.3, -0.25) is 0 Å². The molecule has 0 bridgehead atoms. The van der Waals surface area contributed by atoms with Gasteiger partial charge in [-0.1, -0.05) is 30.3 Å². The zero-order valence-corrected chi connectivity index (χ0v) is 18.5. The van der Waals surface area contributed by atoms with Gasteiger partial charge in [0.15, 0.2) is 6.73 Å². The minimum Gasteiger partial charge on any atom is -0.489 e. The topological polar surface area (TPSA) is 51.9 Å². The van der Waals surface area contributed by atoms with Crippen LogP contribution in [-0.4, -0.2) is 6.73 Å². The number of fused-ring (bicyclic) bond motifs is 2. The number of benzene rings is 3. The Balaban J connectivity index is 1.38.